The van der Waals surface area contributed by atoms with Crippen molar-refractivity contribution in [1.82, 2.24) is 5.73 Å². The highest BCUT2D eigenvalue weighted by atomic mass is 16.1. The van der Waals surface area contributed by atoms with E-state index in [4.69, 9.17) is 5.73 Å². The summed E-state index contributed by atoms with van der Waals surface area (Å²) < 4.78 is 0. The van der Waals surface area contributed by atoms with Crippen LogP contribution in [-0.2, 0) is 4.79 Å². The minimum Gasteiger partial charge on any atom is -0.298 e. The number of carbonyl (C=O) groups excluding carboxylic acids is 1. The molecule has 1 aliphatic rings. The molecule has 1 aliphatic carbocycles. The number of carbonyl (C=O) groups is 1. The minimum absolute atomic E-state index is 0.0174. The zero-order valence-electron chi connectivity index (χ0n) is 7.64. The molecular formula is C10H18NO. The predicted molar refractivity (Wildman–Crippen MR) is 48.8 cm³/mol. The van der Waals surface area contributed by atoms with Crippen molar-refractivity contribution in [3.8, 4) is 0 Å². The second-order valence-electron chi connectivity index (χ2n) is 3.78. The van der Waals surface area contributed by atoms with Crippen molar-refractivity contribution in [2.45, 2.75) is 44.9 Å². The summed E-state index contributed by atoms with van der Waals surface area (Å²) in [5, 5.41) is 0. The average molecular weight is 168 g/mol. The van der Waals surface area contributed by atoms with E-state index in [-0.39, 0.29) is 12.3 Å². The molecule has 12 heavy (non-hydrogen) atoms. The van der Waals surface area contributed by atoms with Crippen LogP contribution < -0.4 is 5.73 Å². The van der Waals surface area contributed by atoms with E-state index in [0.717, 1.165) is 0 Å². The average Bonchev–Trinajstić information content (AvgIpc) is 2.33. The lowest BCUT2D eigenvalue weighted by Crippen LogP contribution is -2.11. The first kappa shape index (κ1) is 9.72. The van der Waals surface area contributed by atoms with Crippen LogP contribution in [0.4, 0.5) is 0 Å². The highest BCUT2D eigenvalue weighted by Gasteiger charge is 2.14. The Kier molecular flexibility index (Phi) is 4.30. The Balaban J connectivity index is 2.24. The van der Waals surface area contributed by atoms with Crippen LogP contribution in [0, 0.1) is 5.92 Å². The van der Waals surface area contributed by atoms with Gasteiger partial charge in [-0.05, 0) is 5.92 Å². The maximum atomic E-state index is 11.0. The lowest BCUT2D eigenvalue weighted by Gasteiger charge is -2.11. The number of nitrogens with one attached hydrogen (secondary N) is 1. The van der Waals surface area contributed by atoms with E-state index >= 15 is 0 Å². The Bertz CT molecular complexity index is 137. The normalized spacial score (nSPS) is 20.4. The minimum atomic E-state index is -0.0174. The van der Waals surface area contributed by atoms with E-state index in [1.54, 1.807) is 0 Å². The molecule has 0 spiro atoms. The Morgan fingerprint density at radius 1 is 1.17 bits per heavy atom. The number of hydrogen-bond acceptors (Lipinski definition) is 1. The van der Waals surface area contributed by atoms with Crippen molar-refractivity contribution in [1.29, 1.82) is 0 Å². The summed E-state index contributed by atoms with van der Waals surface area (Å²) in [6.07, 6.45) is 8.35. The third kappa shape index (κ3) is 3.35. The van der Waals surface area contributed by atoms with Gasteiger partial charge in [-0.1, -0.05) is 38.5 Å². The van der Waals surface area contributed by atoms with Crippen molar-refractivity contribution >= 4 is 5.78 Å². The molecule has 0 unspecified atom stereocenters. The maximum Gasteiger partial charge on any atom is 0.148 e. The van der Waals surface area contributed by atoms with Crippen molar-refractivity contribution < 1.29 is 4.79 Å². The molecule has 1 rings (SSSR count). The summed E-state index contributed by atoms with van der Waals surface area (Å²) in [5.41, 5.74) is 6.93. The zero-order chi connectivity index (χ0) is 8.81. The van der Waals surface area contributed by atoms with Crippen LogP contribution in [0.1, 0.15) is 44.9 Å². The topological polar surface area (TPSA) is 40.9 Å². The van der Waals surface area contributed by atoms with Crippen LogP contribution in [0.3, 0.4) is 0 Å². The van der Waals surface area contributed by atoms with Crippen LogP contribution in [-0.4, -0.2) is 12.3 Å². The Morgan fingerprint density at radius 3 is 2.25 bits per heavy atom. The third-order valence-electron chi connectivity index (χ3n) is 2.69. The molecule has 1 radical (unpaired) electrons. The van der Waals surface area contributed by atoms with E-state index < -0.39 is 0 Å². The largest absolute Gasteiger partial charge is 0.298 e. The molecule has 69 valence electrons. The van der Waals surface area contributed by atoms with Gasteiger partial charge in [-0.25, -0.2) is 0 Å². The number of Topliss-reactive ketones (excluding diaryl/α,β-unsaturated/α-hetero) is 1. The lowest BCUT2D eigenvalue weighted by molar-refractivity contribution is -0.118. The van der Waals surface area contributed by atoms with Crippen LogP contribution in [0.5, 0.6) is 0 Å². The van der Waals surface area contributed by atoms with Crippen molar-refractivity contribution in [3.63, 3.8) is 0 Å². The van der Waals surface area contributed by atoms with Crippen molar-refractivity contribution in [3.05, 3.63) is 0 Å². The second-order valence-corrected chi connectivity index (χ2v) is 3.78. The molecule has 2 heteroatoms. The highest BCUT2D eigenvalue weighted by Crippen LogP contribution is 2.25. The van der Waals surface area contributed by atoms with E-state index in [0.29, 0.717) is 12.3 Å². The van der Waals surface area contributed by atoms with E-state index in [1.807, 2.05) is 0 Å². The first-order valence-electron chi connectivity index (χ1n) is 4.99. The smallest absolute Gasteiger partial charge is 0.148 e. The van der Waals surface area contributed by atoms with Gasteiger partial charge in [0.05, 0.1) is 6.54 Å². The van der Waals surface area contributed by atoms with Gasteiger partial charge in [-0.3, -0.25) is 10.5 Å². The third-order valence-corrected chi connectivity index (χ3v) is 2.69. The van der Waals surface area contributed by atoms with Crippen LogP contribution in [0.2, 0.25) is 0 Å². The fraction of sp³-hybridized carbons (Fsp3) is 0.900. The Hall–Kier alpha value is -0.370. The molecule has 0 aromatic carbocycles. The maximum absolute atomic E-state index is 11.0. The summed E-state index contributed by atoms with van der Waals surface area (Å²) in [4.78, 5) is 11.0. The van der Waals surface area contributed by atoms with Crippen molar-refractivity contribution in [2.24, 2.45) is 5.92 Å². The Morgan fingerprint density at radius 2 is 1.75 bits per heavy atom. The number of hydrogen-bond donors (Lipinski definition) is 0. The predicted octanol–water partition coefficient (Wildman–Crippen LogP) is 2.20. The molecular weight excluding hydrogens is 150 g/mol. The molecule has 0 atom stereocenters. The molecule has 2 nitrogen and oxygen atoms in total. The summed E-state index contributed by atoms with van der Waals surface area (Å²) in [6.45, 7) is -0.0174. The van der Waals surface area contributed by atoms with Gasteiger partial charge in [0.15, 0.2) is 0 Å². The molecule has 0 saturated heterocycles. The quantitative estimate of drug-likeness (QED) is 0.595. The fourth-order valence-electron chi connectivity index (χ4n) is 1.96. The van der Waals surface area contributed by atoms with Gasteiger partial charge in [0.2, 0.25) is 0 Å². The van der Waals surface area contributed by atoms with Gasteiger partial charge in [-0.2, -0.15) is 0 Å². The SMILES string of the molecule is [NH]CC(=O)CC1CCCCCC1. The lowest BCUT2D eigenvalue weighted by atomic mass is 9.94. The first-order valence-corrected chi connectivity index (χ1v) is 4.99. The second kappa shape index (κ2) is 5.31. The van der Waals surface area contributed by atoms with Crippen LogP contribution >= 0.6 is 0 Å². The van der Waals surface area contributed by atoms with Crippen molar-refractivity contribution in [2.75, 3.05) is 6.54 Å². The van der Waals surface area contributed by atoms with Gasteiger partial charge >= 0.3 is 0 Å². The molecule has 0 aliphatic heterocycles. The molecule has 0 bridgehead atoms. The highest BCUT2D eigenvalue weighted by molar-refractivity contribution is 5.80. The van der Waals surface area contributed by atoms with Crippen LogP contribution in [0.25, 0.3) is 0 Å². The standard InChI is InChI=1S/C10H18NO/c11-8-10(12)7-9-5-3-1-2-4-6-9/h9,11H,1-8H2. The summed E-state index contributed by atoms with van der Waals surface area (Å²) >= 11 is 0. The summed E-state index contributed by atoms with van der Waals surface area (Å²) in [6, 6.07) is 0. The van der Waals surface area contributed by atoms with E-state index in [9.17, 15) is 4.79 Å². The summed E-state index contributed by atoms with van der Waals surface area (Å²) in [5.74, 6) is 0.729. The Labute approximate surface area is 74.5 Å². The molecule has 0 heterocycles. The molecule has 1 fully saturated rings. The van der Waals surface area contributed by atoms with Gasteiger partial charge in [0.25, 0.3) is 0 Å². The number of rotatable bonds is 3. The zero-order valence-corrected chi connectivity index (χ0v) is 7.64. The molecule has 0 aromatic heterocycles. The van der Waals surface area contributed by atoms with E-state index in [2.05, 4.69) is 0 Å². The van der Waals surface area contributed by atoms with Gasteiger partial charge in [-0.15, -0.1) is 0 Å². The van der Waals surface area contributed by atoms with Crippen LogP contribution in [0.15, 0.2) is 0 Å². The first-order chi connectivity index (χ1) is 5.83. The number of ketones is 1. The summed E-state index contributed by atoms with van der Waals surface area (Å²) in [7, 11) is 0. The molecule has 1 saturated carbocycles. The molecule has 0 amide bonds. The molecule has 1 N–H and O–H groups in total. The molecule has 0 aromatic rings. The van der Waals surface area contributed by atoms with Gasteiger partial charge in [0.1, 0.15) is 5.78 Å². The van der Waals surface area contributed by atoms with Gasteiger partial charge < -0.3 is 0 Å². The fourth-order valence-corrected chi connectivity index (χ4v) is 1.96. The monoisotopic (exact) mass is 168 g/mol. The van der Waals surface area contributed by atoms with Gasteiger partial charge in [0, 0.05) is 6.42 Å². The van der Waals surface area contributed by atoms with E-state index in [1.165, 1.54) is 38.5 Å².